The fourth-order valence-electron chi connectivity index (χ4n) is 3.79. The first-order valence-electron chi connectivity index (χ1n) is 11.1. The molecule has 0 saturated heterocycles. The highest BCUT2D eigenvalue weighted by Crippen LogP contribution is 2.33. The van der Waals surface area contributed by atoms with Crippen LogP contribution in [0.4, 0.5) is 0 Å². The van der Waals surface area contributed by atoms with Crippen molar-refractivity contribution in [2.24, 2.45) is 0 Å². The van der Waals surface area contributed by atoms with Gasteiger partial charge < -0.3 is 18.6 Å². The molecule has 0 radical (unpaired) electrons. The molecule has 1 heterocycles. The van der Waals surface area contributed by atoms with Gasteiger partial charge in [0.05, 0.1) is 19.1 Å². The minimum Gasteiger partial charge on any atom is -0.497 e. The summed E-state index contributed by atoms with van der Waals surface area (Å²) in [5.41, 5.74) is 2.41. The van der Waals surface area contributed by atoms with Gasteiger partial charge in [-0.25, -0.2) is 0 Å². The van der Waals surface area contributed by atoms with Crippen LogP contribution in [0, 0.1) is 13.8 Å². The first-order valence-corrected chi connectivity index (χ1v) is 11.1. The maximum atomic E-state index is 13.4. The van der Waals surface area contributed by atoms with E-state index < -0.39 is 5.97 Å². The smallest absolute Gasteiger partial charge is 0.311 e. The van der Waals surface area contributed by atoms with Gasteiger partial charge in [0.1, 0.15) is 17.1 Å². The first-order chi connectivity index (χ1) is 16.5. The van der Waals surface area contributed by atoms with Gasteiger partial charge in [0.2, 0.25) is 11.2 Å². The van der Waals surface area contributed by atoms with Crippen LogP contribution in [0.5, 0.6) is 17.2 Å². The minimum atomic E-state index is -0.525. The number of esters is 1. The molecule has 0 spiro atoms. The van der Waals surface area contributed by atoms with Crippen LogP contribution in [-0.2, 0) is 4.79 Å². The second-order valence-electron chi connectivity index (χ2n) is 8.01. The number of hydrogen-bond donors (Lipinski definition) is 0. The average molecular weight is 459 g/mol. The van der Waals surface area contributed by atoms with E-state index in [-0.39, 0.29) is 23.4 Å². The molecule has 0 aliphatic heterocycles. The summed E-state index contributed by atoms with van der Waals surface area (Å²) in [5.74, 6) is 0.967. The summed E-state index contributed by atoms with van der Waals surface area (Å²) in [6, 6.07) is 20.1. The Morgan fingerprint density at radius 1 is 0.941 bits per heavy atom. The molecule has 0 bridgehead atoms. The molecule has 0 unspecified atom stereocenters. The van der Waals surface area contributed by atoms with Gasteiger partial charge in [-0.15, -0.1) is 0 Å². The topological polar surface area (TPSA) is 75.0 Å². The fourth-order valence-corrected chi connectivity index (χ4v) is 3.79. The van der Waals surface area contributed by atoms with Crippen molar-refractivity contribution in [1.29, 1.82) is 0 Å². The Balaban J connectivity index is 1.62. The largest absolute Gasteiger partial charge is 0.497 e. The van der Waals surface area contributed by atoms with Gasteiger partial charge in [-0.1, -0.05) is 24.3 Å². The normalized spacial score (nSPS) is 10.8. The van der Waals surface area contributed by atoms with Crippen LogP contribution >= 0.6 is 0 Å². The van der Waals surface area contributed by atoms with Gasteiger partial charge in [0.15, 0.2) is 5.76 Å². The lowest BCUT2D eigenvalue weighted by Gasteiger charge is -2.13. The SMILES string of the molecule is COc1ccc(-c2oc3cc(C)cc(C)c3c(=O)c2OC(=O)CCCOc2ccccc2)cc1. The average Bonchev–Trinajstić information content (AvgIpc) is 2.83. The quantitative estimate of drug-likeness (QED) is 0.244. The van der Waals surface area contributed by atoms with Gasteiger partial charge in [-0.05, 0) is 73.9 Å². The Kier molecular flexibility index (Phi) is 6.97. The predicted molar refractivity (Wildman–Crippen MR) is 131 cm³/mol. The standard InChI is InChI=1S/C28H26O6/c1-18-16-19(2)25-23(17-18)33-27(20-11-13-21(31-3)14-12-20)28(26(25)30)34-24(29)10-7-15-32-22-8-5-4-6-9-22/h4-6,8-9,11-14,16-17H,7,10,15H2,1-3H3. The molecule has 1 aromatic heterocycles. The second-order valence-corrected chi connectivity index (χ2v) is 8.01. The van der Waals surface area contributed by atoms with E-state index in [2.05, 4.69) is 0 Å². The van der Waals surface area contributed by atoms with E-state index >= 15 is 0 Å². The molecular weight excluding hydrogens is 432 g/mol. The Bertz CT molecular complexity index is 1350. The lowest BCUT2D eigenvalue weighted by molar-refractivity contribution is -0.134. The van der Waals surface area contributed by atoms with Gasteiger partial charge >= 0.3 is 5.97 Å². The fraction of sp³-hybridized carbons (Fsp3) is 0.214. The molecule has 6 nitrogen and oxygen atoms in total. The van der Waals surface area contributed by atoms with Gasteiger partial charge in [0, 0.05) is 12.0 Å². The van der Waals surface area contributed by atoms with E-state index in [1.54, 1.807) is 31.4 Å². The summed E-state index contributed by atoms with van der Waals surface area (Å²) in [5, 5.41) is 0.401. The molecule has 0 N–H and O–H groups in total. The summed E-state index contributed by atoms with van der Waals surface area (Å²) in [7, 11) is 1.57. The number of rotatable bonds is 8. The summed E-state index contributed by atoms with van der Waals surface area (Å²) in [4.78, 5) is 26.1. The maximum absolute atomic E-state index is 13.4. The van der Waals surface area contributed by atoms with Crippen molar-refractivity contribution in [3.8, 4) is 28.6 Å². The van der Waals surface area contributed by atoms with E-state index in [0.29, 0.717) is 35.3 Å². The van der Waals surface area contributed by atoms with Crippen LogP contribution in [0.1, 0.15) is 24.0 Å². The van der Waals surface area contributed by atoms with Crippen molar-refractivity contribution in [2.75, 3.05) is 13.7 Å². The van der Waals surface area contributed by atoms with Crippen molar-refractivity contribution in [2.45, 2.75) is 26.7 Å². The molecule has 0 atom stereocenters. The van der Waals surface area contributed by atoms with Gasteiger partial charge in [-0.2, -0.15) is 0 Å². The Morgan fingerprint density at radius 2 is 1.68 bits per heavy atom. The van der Waals surface area contributed by atoms with Crippen LogP contribution in [0.2, 0.25) is 0 Å². The van der Waals surface area contributed by atoms with Crippen molar-refractivity contribution in [3.05, 3.63) is 88.1 Å². The maximum Gasteiger partial charge on any atom is 0.311 e. The van der Waals surface area contributed by atoms with Crippen LogP contribution in [0.15, 0.2) is 75.9 Å². The molecule has 0 fully saturated rings. The molecule has 6 heteroatoms. The number of para-hydroxylation sites is 1. The van der Waals surface area contributed by atoms with Crippen molar-refractivity contribution in [1.82, 2.24) is 0 Å². The molecule has 0 saturated carbocycles. The van der Waals surface area contributed by atoms with E-state index in [1.165, 1.54) is 0 Å². The summed E-state index contributed by atoms with van der Waals surface area (Å²) < 4.78 is 22.6. The van der Waals surface area contributed by atoms with Gasteiger partial charge in [-0.3, -0.25) is 9.59 Å². The number of methoxy groups -OCH3 is 1. The van der Waals surface area contributed by atoms with Crippen LogP contribution in [0.25, 0.3) is 22.3 Å². The van der Waals surface area contributed by atoms with Crippen LogP contribution in [-0.4, -0.2) is 19.7 Å². The highest BCUT2D eigenvalue weighted by Gasteiger charge is 2.22. The van der Waals surface area contributed by atoms with Gasteiger partial charge in [0.25, 0.3) is 0 Å². The summed E-state index contributed by atoms with van der Waals surface area (Å²) in [6.45, 7) is 4.13. The summed E-state index contributed by atoms with van der Waals surface area (Å²) >= 11 is 0. The number of aryl methyl sites for hydroxylation is 2. The zero-order valence-electron chi connectivity index (χ0n) is 19.4. The molecule has 4 rings (SSSR count). The number of ether oxygens (including phenoxy) is 3. The third-order valence-corrected chi connectivity index (χ3v) is 5.40. The zero-order chi connectivity index (χ0) is 24.1. The molecule has 174 valence electrons. The predicted octanol–water partition coefficient (Wildman–Crippen LogP) is 5.85. The molecule has 4 aromatic rings. The first kappa shape index (κ1) is 23.1. The monoisotopic (exact) mass is 458 g/mol. The van der Waals surface area contributed by atoms with E-state index in [4.69, 9.17) is 18.6 Å². The van der Waals surface area contributed by atoms with E-state index in [9.17, 15) is 9.59 Å². The molecule has 0 aliphatic carbocycles. The number of hydrogen-bond acceptors (Lipinski definition) is 6. The summed E-state index contributed by atoms with van der Waals surface area (Å²) in [6.07, 6.45) is 0.544. The van der Waals surface area contributed by atoms with Crippen LogP contribution < -0.4 is 19.6 Å². The zero-order valence-corrected chi connectivity index (χ0v) is 19.4. The molecular formula is C28H26O6. The number of benzene rings is 3. The molecule has 0 amide bonds. The van der Waals surface area contributed by atoms with E-state index in [1.807, 2.05) is 56.3 Å². The lowest BCUT2D eigenvalue weighted by atomic mass is 10.0. The number of carbonyl (C=O) groups is 1. The highest BCUT2D eigenvalue weighted by atomic mass is 16.5. The Morgan fingerprint density at radius 3 is 2.38 bits per heavy atom. The third kappa shape index (κ3) is 5.12. The number of fused-ring (bicyclic) bond motifs is 1. The van der Waals surface area contributed by atoms with Crippen molar-refractivity contribution >= 4 is 16.9 Å². The molecule has 0 aliphatic rings. The van der Waals surface area contributed by atoms with Crippen molar-refractivity contribution < 1.29 is 23.4 Å². The highest BCUT2D eigenvalue weighted by molar-refractivity contribution is 5.87. The van der Waals surface area contributed by atoms with E-state index in [0.717, 1.165) is 16.9 Å². The minimum absolute atomic E-state index is 0.0965. The van der Waals surface area contributed by atoms with Crippen molar-refractivity contribution in [3.63, 3.8) is 0 Å². The second kappa shape index (κ2) is 10.3. The Labute approximate surface area is 197 Å². The van der Waals surface area contributed by atoms with Crippen LogP contribution in [0.3, 0.4) is 0 Å². The third-order valence-electron chi connectivity index (χ3n) is 5.40. The Hall–Kier alpha value is -4.06. The lowest BCUT2D eigenvalue weighted by Crippen LogP contribution is -2.17. The number of carbonyl (C=O) groups excluding carboxylic acids is 1. The molecule has 34 heavy (non-hydrogen) atoms. The molecule has 3 aromatic carbocycles.